The van der Waals surface area contributed by atoms with Crippen LogP contribution >= 0.6 is 0 Å². The third-order valence-corrected chi connectivity index (χ3v) is 4.68. The highest BCUT2D eigenvalue weighted by Crippen LogP contribution is 2.21. The molecule has 0 unspecified atom stereocenters. The number of nitrogens with one attached hydrogen (secondary N) is 2. The van der Waals surface area contributed by atoms with Crippen molar-refractivity contribution < 1.29 is 18.7 Å². The number of halogens is 1. The molecule has 0 spiro atoms. The number of nitrogens with zero attached hydrogens (tertiary/aromatic N) is 1. The Balaban J connectivity index is 1.55. The number of benzene rings is 2. The maximum atomic E-state index is 13.3. The second-order valence-electron chi connectivity index (χ2n) is 6.57. The summed E-state index contributed by atoms with van der Waals surface area (Å²) in [5.41, 5.74) is 1.43. The molecule has 2 N–H and O–H groups in total. The van der Waals surface area contributed by atoms with Crippen LogP contribution in [0.25, 0.3) is 0 Å². The fourth-order valence-electron chi connectivity index (χ4n) is 3.16. The topological polar surface area (TPSA) is 70.7 Å². The minimum absolute atomic E-state index is 0.0849. The van der Waals surface area contributed by atoms with Crippen LogP contribution in [0.15, 0.2) is 54.6 Å². The van der Waals surface area contributed by atoms with Crippen LogP contribution in [0, 0.1) is 5.82 Å². The molecule has 0 aromatic heterocycles. The Morgan fingerprint density at radius 3 is 2.36 bits per heavy atom. The quantitative estimate of drug-likeness (QED) is 0.762. The van der Waals surface area contributed by atoms with Gasteiger partial charge >= 0.3 is 0 Å². The Bertz CT molecular complexity index is 777. The molecule has 148 valence electrons. The van der Waals surface area contributed by atoms with Gasteiger partial charge in [-0.15, -0.1) is 0 Å². The van der Waals surface area contributed by atoms with E-state index in [2.05, 4.69) is 15.5 Å². The summed E-state index contributed by atoms with van der Waals surface area (Å²) < 4.78 is 18.7. The lowest BCUT2D eigenvalue weighted by Crippen LogP contribution is -2.45. The van der Waals surface area contributed by atoms with E-state index in [-0.39, 0.29) is 30.2 Å². The summed E-state index contributed by atoms with van der Waals surface area (Å²) in [7, 11) is 0. The minimum atomic E-state index is -0.294. The average Bonchev–Trinajstić information content (AvgIpc) is 2.75. The molecule has 0 aliphatic carbocycles. The Kier molecular flexibility index (Phi) is 7.11. The van der Waals surface area contributed by atoms with Gasteiger partial charge in [0.05, 0.1) is 25.8 Å². The molecule has 1 atom stereocenters. The highest BCUT2D eigenvalue weighted by atomic mass is 19.1. The van der Waals surface area contributed by atoms with Crippen LogP contribution < -0.4 is 10.6 Å². The largest absolute Gasteiger partial charge is 0.379 e. The van der Waals surface area contributed by atoms with Gasteiger partial charge in [-0.1, -0.05) is 30.3 Å². The van der Waals surface area contributed by atoms with Crippen LogP contribution in [0.2, 0.25) is 0 Å². The van der Waals surface area contributed by atoms with Crippen molar-refractivity contribution in [3.05, 3.63) is 71.5 Å². The number of carbonyl (C=O) groups excluding carboxylic acids is 2. The van der Waals surface area contributed by atoms with Crippen molar-refractivity contribution in [2.75, 3.05) is 39.4 Å². The summed E-state index contributed by atoms with van der Waals surface area (Å²) in [5, 5.41) is 5.49. The van der Waals surface area contributed by atoms with Gasteiger partial charge in [-0.25, -0.2) is 4.39 Å². The third kappa shape index (κ3) is 5.61. The van der Waals surface area contributed by atoms with E-state index >= 15 is 0 Å². The number of hydrogen-bond donors (Lipinski definition) is 2. The van der Waals surface area contributed by atoms with Crippen molar-refractivity contribution in [2.45, 2.75) is 6.04 Å². The highest BCUT2D eigenvalue weighted by molar-refractivity contribution is 5.96. The normalized spacial score (nSPS) is 15.6. The van der Waals surface area contributed by atoms with E-state index in [1.165, 1.54) is 12.1 Å². The highest BCUT2D eigenvalue weighted by Gasteiger charge is 2.23. The zero-order valence-electron chi connectivity index (χ0n) is 15.6. The predicted molar refractivity (Wildman–Crippen MR) is 103 cm³/mol. The van der Waals surface area contributed by atoms with Gasteiger partial charge < -0.3 is 15.4 Å². The number of carbonyl (C=O) groups is 2. The van der Waals surface area contributed by atoms with E-state index in [0.29, 0.717) is 25.3 Å². The van der Waals surface area contributed by atoms with E-state index in [4.69, 9.17) is 4.74 Å². The maximum absolute atomic E-state index is 13.3. The van der Waals surface area contributed by atoms with E-state index in [0.717, 1.165) is 18.7 Å². The first kappa shape index (κ1) is 20.0. The Labute approximate surface area is 163 Å². The molecule has 1 saturated heterocycles. The fourth-order valence-corrected chi connectivity index (χ4v) is 3.16. The summed E-state index contributed by atoms with van der Waals surface area (Å²) in [6, 6.07) is 15.0. The van der Waals surface area contributed by atoms with Gasteiger partial charge in [0.25, 0.3) is 5.91 Å². The van der Waals surface area contributed by atoms with Gasteiger partial charge in [-0.2, -0.15) is 0 Å². The molecule has 0 bridgehead atoms. The van der Waals surface area contributed by atoms with Gasteiger partial charge in [-0.05, 0) is 29.8 Å². The molecule has 1 aliphatic heterocycles. The number of ether oxygens (including phenoxy) is 1. The Hall–Kier alpha value is -2.77. The molecule has 1 aliphatic rings. The average molecular weight is 385 g/mol. The lowest BCUT2D eigenvalue weighted by atomic mass is 10.0. The van der Waals surface area contributed by atoms with Crippen molar-refractivity contribution in [3.8, 4) is 0 Å². The second-order valence-corrected chi connectivity index (χ2v) is 6.57. The third-order valence-electron chi connectivity index (χ3n) is 4.68. The summed E-state index contributed by atoms with van der Waals surface area (Å²) in [4.78, 5) is 26.5. The smallest absolute Gasteiger partial charge is 0.251 e. The first-order chi connectivity index (χ1) is 13.6. The number of hydrogen-bond acceptors (Lipinski definition) is 4. The molecule has 2 amide bonds. The van der Waals surface area contributed by atoms with Gasteiger partial charge in [0.15, 0.2) is 0 Å². The standard InChI is InChI=1S/C21H24FN3O3/c22-18-8-6-16(7-9-18)19(25-10-12-28-13-11-25)14-23-20(26)15-24-21(27)17-4-2-1-3-5-17/h1-9,19H,10-15H2,(H,23,26)(H,24,27)/t19-/m0/s1. The van der Waals surface area contributed by atoms with Crippen molar-refractivity contribution in [1.82, 2.24) is 15.5 Å². The number of morpholine rings is 1. The molecule has 2 aromatic rings. The van der Waals surface area contributed by atoms with Gasteiger partial charge in [-0.3, -0.25) is 14.5 Å². The molecule has 1 fully saturated rings. The van der Waals surface area contributed by atoms with Crippen LogP contribution in [-0.2, 0) is 9.53 Å². The van der Waals surface area contributed by atoms with E-state index in [1.54, 1.807) is 36.4 Å². The summed E-state index contributed by atoms with van der Waals surface area (Å²) in [6.07, 6.45) is 0. The monoisotopic (exact) mass is 385 g/mol. The van der Waals surface area contributed by atoms with E-state index < -0.39 is 0 Å². The Morgan fingerprint density at radius 1 is 1.00 bits per heavy atom. The maximum Gasteiger partial charge on any atom is 0.251 e. The molecule has 0 saturated carbocycles. The summed E-state index contributed by atoms with van der Waals surface area (Å²) in [5.74, 6) is -0.860. The molecule has 2 aromatic carbocycles. The first-order valence-corrected chi connectivity index (χ1v) is 9.30. The van der Waals surface area contributed by atoms with Crippen molar-refractivity contribution >= 4 is 11.8 Å². The van der Waals surface area contributed by atoms with Crippen LogP contribution in [0.3, 0.4) is 0 Å². The van der Waals surface area contributed by atoms with Crippen LogP contribution in [0.1, 0.15) is 22.0 Å². The van der Waals surface area contributed by atoms with Crippen molar-refractivity contribution in [3.63, 3.8) is 0 Å². The second kappa shape index (κ2) is 9.96. The van der Waals surface area contributed by atoms with Gasteiger partial charge in [0.1, 0.15) is 5.82 Å². The molecule has 6 nitrogen and oxygen atoms in total. The number of rotatable bonds is 7. The van der Waals surface area contributed by atoms with Crippen molar-refractivity contribution in [2.24, 2.45) is 0 Å². The molecule has 1 heterocycles. The fraction of sp³-hybridized carbons (Fsp3) is 0.333. The molecular weight excluding hydrogens is 361 g/mol. The molecule has 3 rings (SSSR count). The molecular formula is C21H24FN3O3. The molecule has 7 heteroatoms. The van der Waals surface area contributed by atoms with Gasteiger partial charge in [0, 0.05) is 25.2 Å². The van der Waals surface area contributed by atoms with Crippen molar-refractivity contribution in [1.29, 1.82) is 0 Å². The zero-order valence-corrected chi connectivity index (χ0v) is 15.6. The van der Waals surface area contributed by atoms with Gasteiger partial charge in [0.2, 0.25) is 5.91 Å². The lowest BCUT2D eigenvalue weighted by Gasteiger charge is -2.35. The lowest BCUT2D eigenvalue weighted by molar-refractivity contribution is -0.120. The number of amides is 2. The van der Waals surface area contributed by atoms with E-state index in [1.807, 2.05) is 6.07 Å². The van der Waals surface area contributed by atoms with Crippen LogP contribution in [0.4, 0.5) is 4.39 Å². The first-order valence-electron chi connectivity index (χ1n) is 9.30. The predicted octanol–water partition coefficient (Wildman–Crippen LogP) is 1.75. The summed E-state index contributed by atoms with van der Waals surface area (Å²) in [6.45, 7) is 2.99. The molecule has 28 heavy (non-hydrogen) atoms. The van der Waals surface area contributed by atoms with Crippen LogP contribution in [-0.4, -0.2) is 56.1 Å². The van der Waals surface area contributed by atoms with E-state index in [9.17, 15) is 14.0 Å². The Morgan fingerprint density at radius 2 is 1.68 bits per heavy atom. The minimum Gasteiger partial charge on any atom is -0.379 e. The SMILES string of the molecule is O=C(CNC(=O)c1ccccc1)NC[C@@H](c1ccc(F)cc1)N1CCOCC1. The molecule has 0 radical (unpaired) electrons. The summed E-state index contributed by atoms with van der Waals surface area (Å²) >= 11 is 0. The van der Waals surface area contributed by atoms with Crippen LogP contribution in [0.5, 0.6) is 0 Å². The zero-order chi connectivity index (χ0) is 19.8.